The molecule has 1 fully saturated rings. The highest BCUT2D eigenvalue weighted by atomic mass is 19.4. The minimum atomic E-state index is -4.32. The molecule has 0 bridgehead atoms. The second-order valence-electron chi connectivity index (χ2n) is 6.46. The first-order chi connectivity index (χ1) is 12.1. The zero-order valence-corrected chi connectivity index (χ0v) is 13.7. The summed E-state index contributed by atoms with van der Waals surface area (Å²) < 4.78 is 42.2. The van der Waals surface area contributed by atoms with Gasteiger partial charge in [0.1, 0.15) is 6.04 Å². The lowest BCUT2D eigenvalue weighted by atomic mass is 9.92. The molecule has 130 valence electrons. The van der Waals surface area contributed by atoms with Gasteiger partial charge in [0.15, 0.2) is 0 Å². The fraction of sp³-hybridized carbons (Fsp3) is 0.300. The molecule has 3 aromatic carbocycles. The summed E-state index contributed by atoms with van der Waals surface area (Å²) in [6.07, 6.45) is -4.32. The van der Waals surface area contributed by atoms with E-state index in [0.717, 1.165) is 16.2 Å². The molecule has 0 amide bonds. The van der Waals surface area contributed by atoms with Crippen molar-refractivity contribution in [2.75, 3.05) is 26.2 Å². The quantitative estimate of drug-likeness (QED) is 0.689. The molecule has 2 nitrogen and oxygen atoms in total. The van der Waals surface area contributed by atoms with Gasteiger partial charge in [0.2, 0.25) is 0 Å². The van der Waals surface area contributed by atoms with Crippen molar-refractivity contribution in [3.8, 4) is 0 Å². The maximum atomic E-state index is 14.1. The number of halogens is 3. The van der Waals surface area contributed by atoms with E-state index >= 15 is 0 Å². The Morgan fingerprint density at radius 3 is 2.12 bits per heavy atom. The fourth-order valence-corrected chi connectivity index (χ4v) is 3.83. The Morgan fingerprint density at radius 2 is 1.44 bits per heavy atom. The van der Waals surface area contributed by atoms with Gasteiger partial charge >= 0.3 is 6.18 Å². The summed E-state index contributed by atoms with van der Waals surface area (Å²) in [7, 11) is 0. The van der Waals surface area contributed by atoms with Crippen molar-refractivity contribution >= 4 is 21.5 Å². The smallest absolute Gasteiger partial charge is 0.314 e. The number of rotatable bonds is 2. The van der Waals surface area contributed by atoms with Gasteiger partial charge in [-0.3, -0.25) is 4.90 Å². The minimum Gasteiger partial charge on any atom is -0.314 e. The molecule has 1 N–H and O–H groups in total. The van der Waals surface area contributed by atoms with Crippen molar-refractivity contribution in [3.05, 3.63) is 60.2 Å². The highest BCUT2D eigenvalue weighted by Crippen LogP contribution is 2.42. The molecule has 0 unspecified atom stereocenters. The molecule has 4 rings (SSSR count). The molecule has 0 aliphatic carbocycles. The standard InChI is InChI=1S/C20H19F3N2/c21-20(22,23)19(25-11-9-24-10-12-25)18-13-14-5-1-2-6-15(14)16-7-3-4-8-17(16)18/h1-8,13,19,24H,9-12H2/t19-/m0/s1. The first kappa shape index (κ1) is 16.4. The molecule has 0 spiro atoms. The van der Waals surface area contributed by atoms with Crippen LogP contribution < -0.4 is 5.32 Å². The summed E-state index contributed by atoms with van der Waals surface area (Å²) in [5.74, 6) is 0. The Labute approximate surface area is 144 Å². The van der Waals surface area contributed by atoms with Crippen LogP contribution >= 0.6 is 0 Å². The van der Waals surface area contributed by atoms with Crippen LogP contribution in [0.25, 0.3) is 21.5 Å². The Bertz CT molecular complexity index is 898. The highest BCUT2D eigenvalue weighted by molar-refractivity contribution is 6.09. The van der Waals surface area contributed by atoms with Gasteiger partial charge in [0.25, 0.3) is 0 Å². The summed E-state index contributed by atoms with van der Waals surface area (Å²) >= 11 is 0. The van der Waals surface area contributed by atoms with Crippen LogP contribution in [-0.2, 0) is 0 Å². The van der Waals surface area contributed by atoms with E-state index < -0.39 is 12.2 Å². The molecule has 1 heterocycles. The highest BCUT2D eigenvalue weighted by Gasteiger charge is 2.45. The minimum absolute atomic E-state index is 0.351. The first-order valence-corrected chi connectivity index (χ1v) is 8.47. The summed E-state index contributed by atoms with van der Waals surface area (Å²) in [5.41, 5.74) is 0.351. The van der Waals surface area contributed by atoms with Crippen LogP contribution in [0.1, 0.15) is 11.6 Å². The number of fused-ring (bicyclic) bond motifs is 3. The predicted octanol–water partition coefficient (Wildman–Crippen LogP) is 4.50. The van der Waals surface area contributed by atoms with Crippen molar-refractivity contribution in [1.29, 1.82) is 0 Å². The number of nitrogens with zero attached hydrogens (tertiary/aromatic N) is 1. The third kappa shape index (κ3) is 2.98. The number of benzene rings is 3. The molecule has 0 radical (unpaired) electrons. The molecule has 5 heteroatoms. The Hall–Kier alpha value is -2.11. The summed E-state index contributed by atoms with van der Waals surface area (Å²) in [6.45, 7) is 1.95. The van der Waals surface area contributed by atoms with Crippen LogP contribution in [0.2, 0.25) is 0 Å². The lowest BCUT2D eigenvalue weighted by Gasteiger charge is -2.36. The lowest BCUT2D eigenvalue weighted by Crippen LogP contribution is -2.49. The van der Waals surface area contributed by atoms with Crippen molar-refractivity contribution < 1.29 is 13.2 Å². The Morgan fingerprint density at radius 1 is 0.840 bits per heavy atom. The van der Waals surface area contributed by atoms with Gasteiger partial charge in [0, 0.05) is 26.2 Å². The zero-order valence-electron chi connectivity index (χ0n) is 13.7. The molecule has 3 aromatic rings. The van der Waals surface area contributed by atoms with Crippen LogP contribution in [0.5, 0.6) is 0 Å². The van der Waals surface area contributed by atoms with Crippen LogP contribution in [-0.4, -0.2) is 37.3 Å². The average molecular weight is 344 g/mol. The summed E-state index contributed by atoms with van der Waals surface area (Å²) in [6, 6.07) is 15.2. The number of alkyl halides is 3. The molecule has 1 aliphatic heterocycles. The summed E-state index contributed by atoms with van der Waals surface area (Å²) in [4.78, 5) is 1.55. The van der Waals surface area contributed by atoms with Crippen molar-refractivity contribution in [3.63, 3.8) is 0 Å². The maximum Gasteiger partial charge on any atom is 0.408 e. The maximum absolute atomic E-state index is 14.1. The van der Waals surface area contributed by atoms with E-state index in [1.54, 1.807) is 17.0 Å². The number of hydrogen-bond acceptors (Lipinski definition) is 2. The van der Waals surface area contributed by atoms with Crippen molar-refractivity contribution in [1.82, 2.24) is 10.2 Å². The molecule has 1 aliphatic rings. The SMILES string of the molecule is FC(F)(F)[C@H](c1cc2ccccc2c2ccccc12)N1CCNCC1. The monoisotopic (exact) mass is 344 g/mol. The van der Waals surface area contributed by atoms with Crippen molar-refractivity contribution in [2.45, 2.75) is 12.2 Å². The van der Waals surface area contributed by atoms with Gasteiger partial charge in [-0.05, 0) is 33.2 Å². The Kier molecular flexibility index (Phi) is 4.13. The van der Waals surface area contributed by atoms with E-state index in [4.69, 9.17) is 0 Å². The second-order valence-corrected chi connectivity index (χ2v) is 6.46. The molecule has 1 atom stereocenters. The van der Waals surface area contributed by atoms with E-state index in [0.29, 0.717) is 37.1 Å². The molecule has 1 saturated heterocycles. The van der Waals surface area contributed by atoms with E-state index in [2.05, 4.69) is 5.32 Å². The zero-order chi connectivity index (χ0) is 17.4. The Balaban J connectivity index is 1.98. The van der Waals surface area contributed by atoms with Crippen LogP contribution in [0.15, 0.2) is 54.6 Å². The molecule has 0 aromatic heterocycles. The molecule has 0 saturated carbocycles. The molecular formula is C20H19F3N2. The normalized spacial score (nSPS) is 17.9. The largest absolute Gasteiger partial charge is 0.408 e. The van der Waals surface area contributed by atoms with Gasteiger partial charge in [-0.1, -0.05) is 48.5 Å². The number of hydrogen-bond donors (Lipinski definition) is 1. The van der Waals surface area contributed by atoms with E-state index in [9.17, 15) is 13.2 Å². The fourth-order valence-electron chi connectivity index (χ4n) is 3.83. The average Bonchev–Trinajstić information content (AvgIpc) is 2.62. The van der Waals surface area contributed by atoms with E-state index in [1.165, 1.54) is 0 Å². The predicted molar refractivity (Wildman–Crippen MR) is 94.7 cm³/mol. The second kappa shape index (κ2) is 6.32. The van der Waals surface area contributed by atoms with Gasteiger partial charge in [-0.25, -0.2) is 0 Å². The summed E-state index contributed by atoms with van der Waals surface area (Å²) in [5, 5.41) is 6.52. The topological polar surface area (TPSA) is 15.3 Å². The van der Waals surface area contributed by atoms with Gasteiger partial charge in [-0.15, -0.1) is 0 Å². The number of nitrogens with one attached hydrogen (secondary N) is 1. The van der Waals surface area contributed by atoms with Gasteiger partial charge in [-0.2, -0.15) is 13.2 Å². The van der Waals surface area contributed by atoms with E-state index in [1.807, 2.05) is 42.5 Å². The number of piperazine rings is 1. The molecular weight excluding hydrogens is 325 g/mol. The van der Waals surface area contributed by atoms with Crippen LogP contribution in [0, 0.1) is 0 Å². The van der Waals surface area contributed by atoms with Gasteiger partial charge < -0.3 is 5.32 Å². The first-order valence-electron chi connectivity index (χ1n) is 8.47. The lowest BCUT2D eigenvalue weighted by molar-refractivity contribution is -0.187. The van der Waals surface area contributed by atoms with Crippen LogP contribution in [0.4, 0.5) is 13.2 Å². The van der Waals surface area contributed by atoms with Gasteiger partial charge in [0.05, 0.1) is 0 Å². The van der Waals surface area contributed by atoms with E-state index in [-0.39, 0.29) is 0 Å². The van der Waals surface area contributed by atoms with Crippen LogP contribution in [0.3, 0.4) is 0 Å². The molecule has 25 heavy (non-hydrogen) atoms. The third-order valence-corrected chi connectivity index (χ3v) is 4.92. The third-order valence-electron chi connectivity index (χ3n) is 4.92. The van der Waals surface area contributed by atoms with Crippen molar-refractivity contribution in [2.24, 2.45) is 0 Å².